The maximum absolute atomic E-state index is 11.5. The topological polar surface area (TPSA) is 84.9 Å². The summed E-state index contributed by atoms with van der Waals surface area (Å²) >= 11 is 0. The zero-order valence-electron chi connectivity index (χ0n) is 10.2. The van der Waals surface area contributed by atoms with Gasteiger partial charge in [-0.3, -0.25) is 4.79 Å². The molecule has 0 fully saturated rings. The molecule has 0 saturated carbocycles. The zero-order valence-corrected chi connectivity index (χ0v) is 10.2. The molecule has 1 aromatic rings. The Balaban J connectivity index is 2.90. The van der Waals surface area contributed by atoms with Crippen LogP contribution in [0.25, 0.3) is 0 Å². The Morgan fingerprint density at radius 2 is 2.11 bits per heavy atom. The summed E-state index contributed by atoms with van der Waals surface area (Å²) in [6.07, 6.45) is 0. The molecule has 98 valence electrons. The van der Waals surface area contributed by atoms with E-state index in [-0.39, 0.29) is 17.9 Å². The first-order valence-corrected chi connectivity index (χ1v) is 5.37. The van der Waals surface area contributed by atoms with E-state index in [1.807, 2.05) is 0 Å². The number of carboxylic acids is 1. The summed E-state index contributed by atoms with van der Waals surface area (Å²) in [4.78, 5) is 22.5. The van der Waals surface area contributed by atoms with Crippen LogP contribution in [-0.2, 0) is 9.53 Å². The Morgan fingerprint density at radius 3 is 2.67 bits per heavy atom. The van der Waals surface area contributed by atoms with E-state index in [9.17, 15) is 9.59 Å². The van der Waals surface area contributed by atoms with Crippen molar-refractivity contribution in [2.75, 3.05) is 25.6 Å². The molecule has 0 atom stereocenters. The standard InChI is InChI=1S/C12H15NO5/c1-3-18-7-11(14)13-10-6-8(17-2)4-5-9(10)12(15)16/h4-6H,3,7H2,1-2H3,(H,13,14)(H,15,16). The Hall–Kier alpha value is -2.08. The lowest BCUT2D eigenvalue weighted by Crippen LogP contribution is -2.20. The summed E-state index contributed by atoms with van der Waals surface area (Å²) in [5.74, 6) is -1.07. The van der Waals surface area contributed by atoms with Gasteiger partial charge < -0.3 is 19.9 Å². The number of carbonyl (C=O) groups is 2. The van der Waals surface area contributed by atoms with E-state index in [1.54, 1.807) is 6.92 Å². The molecule has 0 radical (unpaired) electrons. The van der Waals surface area contributed by atoms with E-state index in [0.29, 0.717) is 12.4 Å². The number of rotatable bonds is 6. The number of carbonyl (C=O) groups excluding carboxylic acids is 1. The highest BCUT2D eigenvalue weighted by Crippen LogP contribution is 2.22. The first-order chi connectivity index (χ1) is 8.58. The van der Waals surface area contributed by atoms with E-state index in [2.05, 4.69) is 5.32 Å². The van der Waals surface area contributed by atoms with E-state index in [4.69, 9.17) is 14.6 Å². The van der Waals surface area contributed by atoms with Gasteiger partial charge in [-0.05, 0) is 19.1 Å². The first-order valence-electron chi connectivity index (χ1n) is 5.37. The van der Waals surface area contributed by atoms with E-state index in [1.165, 1.54) is 25.3 Å². The Kier molecular flexibility index (Phi) is 5.13. The molecule has 0 saturated heterocycles. The van der Waals surface area contributed by atoms with Gasteiger partial charge >= 0.3 is 5.97 Å². The second-order valence-corrected chi connectivity index (χ2v) is 3.40. The molecule has 1 rings (SSSR count). The highest BCUT2D eigenvalue weighted by atomic mass is 16.5. The molecular formula is C12H15NO5. The van der Waals surface area contributed by atoms with E-state index in [0.717, 1.165) is 0 Å². The second kappa shape index (κ2) is 6.61. The number of aromatic carboxylic acids is 1. The number of methoxy groups -OCH3 is 1. The van der Waals surface area contributed by atoms with Crippen molar-refractivity contribution >= 4 is 17.6 Å². The predicted octanol–water partition coefficient (Wildman–Crippen LogP) is 1.37. The number of ether oxygens (including phenoxy) is 2. The largest absolute Gasteiger partial charge is 0.497 e. The fraction of sp³-hybridized carbons (Fsp3) is 0.333. The van der Waals surface area contributed by atoms with E-state index >= 15 is 0 Å². The Bertz CT molecular complexity index is 444. The molecule has 0 heterocycles. The number of anilines is 1. The molecule has 0 spiro atoms. The Labute approximate surface area is 105 Å². The summed E-state index contributed by atoms with van der Waals surface area (Å²) in [6, 6.07) is 4.34. The summed E-state index contributed by atoms with van der Waals surface area (Å²) in [6.45, 7) is 2.06. The smallest absolute Gasteiger partial charge is 0.337 e. The van der Waals surface area contributed by atoms with Gasteiger partial charge in [0.1, 0.15) is 12.4 Å². The van der Waals surface area contributed by atoms with Crippen LogP contribution < -0.4 is 10.1 Å². The molecule has 6 nitrogen and oxygen atoms in total. The summed E-state index contributed by atoms with van der Waals surface area (Å²) in [7, 11) is 1.46. The Morgan fingerprint density at radius 1 is 1.39 bits per heavy atom. The lowest BCUT2D eigenvalue weighted by Gasteiger charge is -2.10. The van der Waals surface area contributed by atoms with Crippen LogP contribution in [0.15, 0.2) is 18.2 Å². The third-order valence-electron chi connectivity index (χ3n) is 2.17. The van der Waals surface area contributed by atoms with Crippen LogP contribution in [0.4, 0.5) is 5.69 Å². The van der Waals surface area contributed by atoms with Crippen molar-refractivity contribution in [3.63, 3.8) is 0 Å². The summed E-state index contributed by atoms with van der Waals surface area (Å²) in [5.41, 5.74) is 0.187. The molecule has 6 heteroatoms. The fourth-order valence-electron chi connectivity index (χ4n) is 1.32. The molecule has 0 bridgehead atoms. The highest BCUT2D eigenvalue weighted by Gasteiger charge is 2.13. The average Bonchev–Trinajstić information content (AvgIpc) is 2.35. The lowest BCUT2D eigenvalue weighted by molar-refractivity contribution is -0.120. The van der Waals surface area contributed by atoms with Crippen LogP contribution in [0.3, 0.4) is 0 Å². The van der Waals surface area contributed by atoms with Crippen LogP contribution in [-0.4, -0.2) is 37.3 Å². The normalized spacial score (nSPS) is 9.89. The zero-order chi connectivity index (χ0) is 13.5. The first kappa shape index (κ1) is 14.0. The van der Waals surface area contributed by atoms with Crippen molar-refractivity contribution in [2.45, 2.75) is 6.92 Å². The number of hydrogen-bond acceptors (Lipinski definition) is 4. The highest BCUT2D eigenvalue weighted by molar-refractivity contribution is 6.01. The number of hydrogen-bond donors (Lipinski definition) is 2. The van der Waals surface area contributed by atoms with Crippen molar-refractivity contribution in [3.05, 3.63) is 23.8 Å². The number of nitrogens with one attached hydrogen (secondary N) is 1. The van der Waals surface area contributed by atoms with Crippen LogP contribution in [0.2, 0.25) is 0 Å². The SMILES string of the molecule is CCOCC(=O)Nc1cc(OC)ccc1C(=O)O. The minimum absolute atomic E-state index is 0.000600. The van der Waals surface area contributed by atoms with Gasteiger partial charge in [0, 0.05) is 12.7 Å². The molecule has 0 unspecified atom stereocenters. The van der Waals surface area contributed by atoms with Gasteiger partial charge in [-0.2, -0.15) is 0 Å². The fourth-order valence-corrected chi connectivity index (χ4v) is 1.32. The molecule has 0 aliphatic heterocycles. The van der Waals surface area contributed by atoms with Gasteiger partial charge in [0.25, 0.3) is 0 Å². The summed E-state index contributed by atoms with van der Waals surface area (Å²) in [5, 5.41) is 11.5. The van der Waals surface area contributed by atoms with Crippen molar-refractivity contribution in [1.29, 1.82) is 0 Å². The monoisotopic (exact) mass is 253 g/mol. The molecule has 2 N–H and O–H groups in total. The van der Waals surface area contributed by atoms with Crippen LogP contribution >= 0.6 is 0 Å². The van der Waals surface area contributed by atoms with Crippen LogP contribution in [0.1, 0.15) is 17.3 Å². The quantitative estimate of drug-likeness (QED) is 0.799. The minimum atomic E-state index is -1.12. The minimum Gasteiger partial charge on any atom is -0.497 e. The third kappa shape index (κ3) is 3.74. The number of carboxylic acid groups (broad SMARTS) is 1. The number of amides is 1. The molecule has 0 aliphatic carbocycles. The number of benzene rings is 1. The lowest BCUT2D eigenvalue weighted by atomic mass is 10.1. The van der Waals surface area contributed by atoms with Crippen molar-refractivity contribution < 1.29 is 24.2 Å². The molecule has 18 heavy (non-hydrogen) atoms. The molecule has 0 aromatic heterocycles. The molecule has 1 amide bonds. The van der Waals surface area contributed by atoms with Gasteiger partial charge in [0.2, 0.25) is 5.91 Å². The molecular weight excluding hydrogens is 238 g/mol. The predicted molar refractivity (Wildman–Crippen MR) is 65.1 cm³/mol. The summed E-state index contributed by atoms with van der Waals surface area (Å²) < 4.78 is 9.91. The van der Waals surface area contributed by atoms with Gasteiger partial charge in [0.05, 0.1) is 18.4 Å². The average molecular weight is 253 g/mol. The van der Waals surface area contributed by atoms with E-state index < -0.39 is 11.9 Å². The van der Waals surface area contributed by atoms with Crippen molar-refractivity contribution in [2.24, 2.45) is 0 Å². The molecule has 0 aliphatic rings. The maximum atomic E-state index is 11.5. The van der Waals surface area contributed by atoms with Crippen LogP contribution in [0.5, 0.6) is 5.75 Å². The maximum Gasteiger partial charge on any atom is 0.337 e. The van der Waals surface area contributed by atoms with Crippen LogP contribution in [0, 0.1) is 0 Å². The second-order valence-electron chi connectivity index (χ2n) is 3.40. The van der Waals surface area contributed by atoms with Crippen molar-refractivity contribution in [3.8, 4) is 5.75 Å². The van der Waals surface area contributed by atoms with Gasteiger partial charge in [-0.1, -0.05) is 0 Å². The van der Waals surface area contributed by atoms with Gasteiger partial charge in [-0.25, -0.2) is 4.79 Å². The van der Waals surface area contributed by atoms with Gasteiger partial charge in [-0.15, -0.1) is 0 Å². The third-order valence-corrected chi connectivity index (χ3v) is 2.17. The van der Waals surface area contributed by atoms with Crippen molar-refractivity contribution in [1.82, 2.24) is 0 Å². The molecule has 1 aromatic carbocycles. The van der Waals surface area contributed by atoms with Gasteiger partial charge in [0.15, 0.2) is 0 Å².